The van der Waals surface area contributed by atoms with Crippen LogP contribution < -0.4 is 26.2 Å². The van der Waals surface area contributed by atoms with Gasteiger partial charge in [0.1, 0.15) is 0 Å². The molecule has 117 heavy (non-hydrogen) atoms. The van der Waals surface area contributed by atoms with Crippen molar-refractivity contribution in [2.45, 2.75) is 158 Å². The summed E-state index contributed by atoms with van der Waals surface area (Å²) < 4.78 is 62.5. The predicted octanol–water partition coefficient (Wildman–Crippen LogP) is 27.8. The van der Waals surface area contributed by atoms with Crippen LogP contribution in [0.25, 0.3) is 109 Å². The predicted molar refractivity (Wildman–Crippen MR) is 507 cm³/mol. The van der Waals surface area contributed by atoms with Crippen molar-refractivity contribution in [3.63, 3.8) is 0 Å². The second-order valence-electron chi connectivity index (χ2n) is 38.8. The molecule has 0 unspecified atom stereocenters. The maximum absolute atomic E-state index is 10.2. The molecule has 19 rings (SSSR count). The van der Waals surface area contributed by atoms with Crippen molar-refractivity contribution >= 4 is 111 Å². The maximum Gasteiger partial charge on any atom is 0.252 e. The summed E-state index contributed by atoms with van der Waals surface area (Å²) in [6.07, 6.45) is 2.87. The molecule has 0 spiro atoms. The molecule has 3 heterocycles. The molecular weight excluding hydrogens is 1410 g/mol. The van der Waals surface area contributed by atoms with Crippen LogP contribution in [0.1, 0.15) is 168 Å². The molecule has 0 saturated heterocycles. The molecule has 4 heteroatoms. The third kappa shape index (κ3) is 13.7. The Kier molecular flexibility index (Phi) is 16.7. The largest absolute Gasteiger partial charge is 0.342 e. The van der Waals surface area contributed by atoms with E-state index >= 15 is 0 Å². The van der Waals surface area contributed by atoms with Crippen molar-refractivity contribution in [1.29, 1.82) is 0 Å². The van der Waals surface area contributed by atoms with Gasteiger partial charge < -0.3 is 14.4 Å². The van der Waals surface area contributed by atoms with E-state index in [0.717, 1.165) is 46.4 Å². The minimum Gasteiger partial charge on any atom is -0.342 e. The lowest BCUT2D eigenvalue weighted by molar-refractivity contribution is 0.411. The Labute approximate surface area is 702 Å². The number of rotatable bonds is 15. The first-order valence-corrected chi connectivity index (χ1v) is 42.4. The van der Waals surface area contributed by atoms with E-state index in [2.05, 4.69) is 333 Å². The molecule has 0 aliphatic carbocycles. The fraction of sp³-hybridized carbons (Fsp3) is 0.239. The van der Waals surface area contributed by atoms with Crippen LogP contribution in [0, 0.1) is 5.41 Å². The van der Waals surface area contributed by atoms with E-state index in [9.17, 15) is 8.22 Å². The van der Waals surface area contributed by atoms with Gasteiger partial charge in [-0.3, -0.25) is 0 Å². The molecule has 0 bridgehead atoms. The zero-order valence-corrected chi connectivity index (χ0v) is 70.7. The Bertz CT molecular complexity index is 6900. The van der Waals surface area contributed by atoms with Crippen LogP contribution in [0.3, 0.4) is 0 Å². The normalized spacial score (nSPS) is 14.0. The topological polar surface area (TPSA) is 11.4 Å². The number of nitrogens with zero attached hydrogens (tertiary/aromatic N) is 3. The average molecular weight is 1520 g/mol. The third-order valence-electron chi connectivity index (χ3n) is 25.1. The Morgan fingerprint density at radius 2 is 0.718 bits per heavy atom. The smallest absolute Gasteiger partial charge is 0.252 e. The summed E-state index contributed by atoms with van der Waals surface area (Å²) in [5, 5.41) is 11.0. The number of anilines is 4. The molecule has 3 nitrogen and oxygen atoms in total. The Balaban J connectivity index is 0.879. The minimum atomic E-state index is -0.698. The van der Waals surface area contributed by atoms with E-state index in [1.54, 1.807) is 0 Å². The summed E-state index contributed by atoms with van der Waals surface area (Å²) in [6.45, 7) is 34.0. The van der Waals surface area contributed by atoms with E-state index in [0.29, 0.717) is 58.9 Å². The first kappa shape index (κ1) is 68.5. The lowest BCUT2D eigenvalue weighted by Gasteiger charge is -2.45. The maximum atomic E-state index is 10.2. The Hall–Kier alpha value is -11.7. The van der Waals surface area contributed by atoms with E-state index in [1.807, 2.05) is 46.1 Å². The van der Waals surface area contributed by atoms with Crippen LogP contribution in [0.2, 0.25) is 0 Å². The van der Waals surface area contributed by atoms with Crippen LogP contribution in [-0.4, -0.2) is 24.4 Å². The first-order chi connectivity index (χ1) is 58.7. The second-order valence-corrected chi connectivity index (χ2v) is 38.8. The fourth-order valence-corrected chi connectivity index (χ4v) is 19.3. The first-order valence-electron chi connectivity index (χ1n) is 45.4. The van der Waals surface area contributed by atoms with Crippen LogP contribution in [0.15, 0.2) is 297 Å². The fourth-order valence-electron chi connectivity index (χ4n) is 19.3. The molecule has 578 valence electrons. The molecule has 17 aromatic rings. The number of benzene rings is 16. The quantitative estimate of drug-likeness (QED) is 0.0576. The minimum absolute atomic E-state index is 0.0380. The van der Waals surface area contributed by atoms with Crippen molar-refractivity contribution in [3.8, 4) is 44.5 Å². The lowest BCUT2D eigenvalue weighted by Crippen LogP contribution is -2.62. The number of fused-ring (bicyclic) bond motifs is 9. The number of aromatic nitrogens is 1. The Morgan fingerprint density at radius 3 is 1.15 bits per heavy atom. The highest BCUT2D eigenvalue weighted by atomic mass is 15.2. The molecule has 0 amide bonds. The van der Waals surface area contributed by atoms with Gasteiger partial charge in [-0.15, -0.1) is 0 Å². The van der Waals surface area contributed by atoms with Gasteiger partial charge in [0.25, 0.3) is 6.71 Å². The molecule has 16 aromatic carbocycles. The van der Waals surface area contributed by atoms with Gasteiger partial charge in [0, 0.05) is 64.2 Å². The van der Waals surface area contributed by atoms with Crippen molar-refractivity contribution in [1.82, 2.24) is 4.57 Å². The highest BCUT2D eigenvalue weighted by Crippen LogP contribution is 2.48. The molecule has 2 aliphatic rings. The molecular formula is C113H108BN3. The SMILES string of the molecule is [2H]c1c(C(C)(C)C)c([2H])c2c3c([2H])c(C(C)(C)C)c([2H])c([2H])c3n(Cc3ccc4c(c3)N(CCc3c(-c5ccccc5)cc(C(C)(C)C)cc3-c3ccccc3)c3cc(CC(C)(C)C)cc5c3B4c3ccc(Cc4ccc6cccc7c8cccc9cccc(c4c67)c98)cc3N5CCc3c(-c4ccccc4)cc(C(C)(C)C)cc3-c3ccccc3)c2c1[2H]. The third-order valence-corrected chi connectivity index (χ3v) is 25.1. The molecule has 0 atom stereocenters. The molecule has 0 fully saturated rings. The van der Waals surface area contributed by atoms with Crippen molar-refractivity contribution in [2.24, 2.45) is 5.41 Å². The van der Waals surface area contributed by atoms with Gasteiger partial charge in [-0.25, -0.2) is 0 Å². The van der Waals surface area contributed by atoms with Gasteiger partial charge in [-0.1, -0.05) is 353 Å². The van der Waals surface area contributed by atoms with Gasteiger partial charge in [0.15, 0.2) is 0 Å². The van der Waals surface area contributed by atoms with Gasteiger partial charge in [0.2, 0.25) is 0 Å². The van der Waals surface area contributed by atoms with Gasteiger partial charge in [0.05, 0.1) is 8.22 Å². The van der Waals surface area contributed by atoms with E-state index in [1.165, 1.54) is 138 Å². The average Bonchev–Trinajstić information content (AvgIpc) is 1.28. The molecule has 0 N–H and O–H groups in total. The van der Waals surface area contributed by atoms with Crippen molar-refractivity contribution in [2.75, 3.05) is 22.9 Å². The van der Waals surface area contributed by atoms with Gasteiger partial charge in [-0.05, 0) is 261 Å². The van der Waals surface area contributed by atoms with Crippen molar-refractivity contribution in [3.05, 3.63) is 353 Å². The summed E-state index contributed by atoms with van der Waals surface area (Å²) in [5.41, 5.74) is 27.3. The van der Waals surface area contributed by atoms with E-state index in [-0.39, 0.29) is 65.8 Å². The van der Waals surface area contributed by atoms with Crippen LogP contribution in [0.5, 0.6) is 0 Å². The zero-order valence-electron chi connectivity index (χ0n) is 76.7. The van der Waals surface area contributed by atoms with E-state index < -0.39 is 10.8 Å². The van der Waals surface area contributed by atoms with Crippen molar-refractivity contribution < 1.29 is 8.22 Å². The monoisotopic (exact) mass is 1520 g/mol. The van der Waals surface area contributed by atoms with Crippen LogP contribution in [-0.2, 0) is 53.9 Å². The highest BCUT2D eigenvalue weighted by Gasteiger charge is 2.44. The summed E-state index contributed by atoms with van der Waals surface area (Å²) >= 11 is 0. The lowest BCUT2D eigenvalue weighted by atomic mass is 9.33. The van der Waals surface area contributed by atoms with Crippen LogP contribution in [0.4, 0.5) is 22.7 Å². The number of hydrogen-bond acceptors (Lipinski definition) is 2. The molecule has 0 radical (unpaired) electrons. The molecule has 1 aromatic heterocycles. The Morgan fingerprint density at radius 1 is 0.325 bits per heavy atom. The molecule has 0 saturated carbocycles. The van der Waals surface area contributed by atoms with Gasteiger partial charge in [-0.2, -0.15) is 0 Å². The second kappa shape index (κ2) is 28.6. The van der Waals surface area contributed by atoms with Crippen LogP contribution >= 0.6 is 0 Å². The summed E-state index contributed by atoms with van der Waals surface area (Å²) in [4.78, 5) is 5.39. The van der Waals surface area contributed by atoms with Gasteiger partial charge >= 0.3 is 0 Å². The zero-order chi connectivity index (χ0) is 86.0. The standard InChI is InChI=1S/C113H108BN3/c1-109(2,3)70-74-62-103-108-104(63-74)116(58-56-87-93(77-35-24-18-25-36-77)68-85(113(13,14)15)69-94(87)78-37-26-19-27-38-78)102-61-73(71-117-99-53-49-82(110(4,5)6)64-95(99)96-65-83(111(7,8)9)50-54-100(96)117)46-52-98(102)114(108)97-51-45-72(59-81-48-47-80-41-29-43-89-88-42-28-39-79-40-30-44-90(105(79)88)107(81)106(80)89)60-101(97)115(103)57-55-86-91(75-31-20-16-21-32-75)66-84(112(10,11)12)67-92(86)76-33-22-17-23-34-76/h16-54,60-69H,55-59,70-71H2,1-15H3/i49D,50D,53D,54D,64D,65D. The summed E-state index contributed by atoms with van der Waals surface area (Å²) in [7, 11) is 0. The summed E-state index contributed by atoms with van der Waals surface area (Å²) in [6, 6.07) is 98.7. The summed E-state index contributed by atoms with van der Waals surface area (Å²) in [5.74, 6) is 0. The highest BCUT2D eigenvalue weighted by molar-refractivity contribution is 7.00. The molecule has 2 aliphatic heterocycles. The van der Waals surface area contributed by atoms with E-state index in [4.69, 9.17) is 0 Å². The number of hydrogen-bond donors (Lipinski definition) is 0.